The number of fused-ring (bicyclic) bond motifs is 1. The van der Waals surface area contributed by atoms with Crippen molar-refractivity contribution < 1.29 is 19.2 Å². The molecule has 1 saturated carbocycles. The van der Waals surface area contributed by atoms with Crippen LogP contribution in [0, 0.1) is 13.8 Å². The molecule has 8 heteroatoms. The van der Waals surface area contributed by atoms with Crippen LogP contribution in [0.25, 0.3) is 22.2 Å². The minimum Gasteiger partial charge on any atom is -0.444 e. The number of carbonyl (C=O) groups is 1. The van der Waals surface area contributed by atoms with E-state index in [1.54, 1.807) is 4.90 Å². The van der Waals surface area contributed by atoms with Gasteiger partial charge in [0.2, 0.25) is 0 Å². The number of benzene rings is 1. The van der Waals surface area contributed by atoms with Crippen LogP contribution in [0.4, 0.5) is 4.79 Å². The summed E-state index contributed by atoms with van der Waals surface area (Å²) in [6, 6.07) is 3.92. The first kappa shape index (κ1) is 22.9. The maximum Gasteiger partial charge on any atom is 0.410 e. The predicted molar refractivity (Wildman–Crippen MR) is 129 cm³/mol. The van der Waals surface area contributed by atoms with E-state index >= 15 is 0 Å². The molecule has 2 N–H and O–H groups in total. The highest BCUT2D eigenvalue weighted by Crippen LogP contribution is 2.44. The van der Waals surface area contributed by atoms with Gasteiger partial charge in [0.15, 0.2) is 0 Å². The Morgan fingerprint density at radius 1 is 1.29 bits per heavy atom. The zero-order chi connectivity index (χ0) is 24.4. The summed E-state index contributed by atoms with van der Waals surface area (Å²) in [6.45, 7) is 11.8. The molecule has 1 saturated heterocycles. The molecule has 182 valence electrons. The summed E-state index contributed by atoms with van der Waals surface area (Å²) in [7, 11) is 0. The number of rotatable bonds is 3. The summed E-state index contributed by atoms with van der Waals surface area (Å²) in [5.41, 5.74) is 3.51. The highest BCUT2D eigenvalue weighted by Gasteiger charge is 2.42. The van der Waals surface area contributed by atoms with Gasteiger partial charge in [-0.25, -0.2) is 9.78 Å². The van der Waals surface area contributed by atoms with E-state index in [1.165, 1.54) is 0 Å². The fourth-order valence-electron chi connectivity index (χ4n) is 5.14. The summed E-state index contributed by atoms with van der Waals surface area (Å²) in [5.74, 6) is 2.19. The molecule has 1 aromatic carbocycles. The molecular formula is C26H34N4O4. The number of hydrogen-bond donors (Lipinski definition) is 2. The molecule has 3 aromatic rings. The average molecular weight is 467 g/mol. The number of nitrogens with zero attached hydrogens (tertiary/aromatic N) is 3. The summed E-state index contributed by atoms with van der Waals surface area (Å²) in [5, 5.41) is 16.1. The molecule has 3 heterocycles. The first-order chi connectivity index (χ1) is 15.9. The molecule has 0 bridgehead atoms. The number of amides is 1. The number of H-pyrrole nitrogens is 1. The minimum atomic E-state index is -1.12. The number of imidazole rings is 1. The van der Waals surface area contributed by atoms with Crippen molar-refractivity contribution in [1.29, 1.82) is 0 Å². The number of aryl methyl sites for hydroxylation is 2. The molecule has 2 aromatic heterocycles. The predicted octanol–water partition coefficient (Wildman–Crippen LogP) is 5.32. The molecule has 1 aliphatic heterocycles. The Morgan fingerprint density at radius 3 is 2.62 bits per heavy atom. The highest BCUT2D eigenvalue weighted by atomic mass is 16.6. The monoisotopic (exact) mass is 466 g/mol. The number of ether oxygens (including phenoxy) is 1. The summed E-state index contributed by atoms with van der Waals surface area (Å²) in [4.78, 5) is 22.9. The molecular weight excluding hydrogens is 432 g/mol. The molecule has 2 atom stereocenters. The molecule has 2 aliphatic rings. The highest BCUT2D eigenvalue weighted by molar-refractivity contribution is 5.87. The van der Waals surface area contributed by atoms with Crippen LogP contribution in [0.15, 0.2) is 16.7 Å². The molecule has 34 heavy (non-hydrogen) atoms. The fraction of sp³-hybridized carbons (Fsp3) is 0.577. The smallest absolute Gasteiger partial charge is 0.410 e. The van der Waals surface area contributed by atoms with E-state index in [1.807, 2.05) is 47.6 Å². The van der Waals surface area contributed by atoms with E-state index in [9.17, 15) is 9.90 Å². The Balaban J connectivity index is 1.55. The van der Waals surface area contributed by atoms with Crippen LogP contribution in [0.1, 0.15) is 82.1 Å². The van der Waals surface area contributed by atoms with Crippen molar-refractivity contribution in [2.45, 2.75) is 90.4 Å². The van der Waals surface area contributed by atoms with E-state index in [4.69, 9.17) is 14.2 Å². The molecule has 0 spiro atoms. The third-order valence-corrected chi connectivity index (χ3v) is 6.95. The minimum absolute atomic E-state index is 0.187. The lowest BCUT2D eigenvalue weighted by Gasteiger charge is -2.43. The Bertz CT molecular complexity index is 1230. The quantitative estimate of drug-likeness (QED) is 0.541. The van der Waals surface area contributed by atoms with Crippen molar-refractivity contribution in [1.82, 2.24) is 20.0 Å². The zero-order valence-electron chi connectivity index (χ0n) is 20.9. The Labute approximate surface area is 199 Å². The van der Waals surface area contributed by atoms with Crippen molar-refractivity contribution in [2.75, 3.05) is 6.54 Å². The second-order valence-corrected chi connectivity index (χ2v) is 11.0. The first-order valence-corrected chi connectivity index (χ1v) is 12.1. The van der Waals surface area contributed by atoms with Crippen LogP contribution in [0.2, 0.25) is 0 Å². The third kappa shape index (κ3) is 4.08. The van der Waals surface area contributed by atoms with Gasteiger partial charge in [-0.15, -0.1) is 0 Å². The van der Waals surface area contributed by atoms with Gasteiger partial charge in [0.25, 0.3) is 0 Å². The van der Waals surface area contributed by atoms with Gasteiger partial charge in [-0.2, -0.15) is 0 Å². The van der Waals surface area contributed by atoms with Gasteiger partial charge in [0.05, 0.1) is 22.3 Å². The van der Waals surface area contributed by atoms with Crippen molar-refractivity contribution in [2.24, 2.45) is 0 Å². The lowest BCUT2D eigenvalue weighted by atomic mass is 9.79. The molecule has 2 unspecified atom stereocenters. The normalized spacial score (nSPS) is 23.5. The summed E-state index contributed by atoms with van der Waals surface area (Å²) in [6.07, 6.45) is 2.74. The maximum absolute atomic E-state index is 12.7. The number of aromatic nitrogens is 3. The number of carbonyl (C=O) groups excluding carboxylic acids is 1. The number of hydrogen-bond acceptors (Lipinski definition) is 6. The lowest BCUT2D eigenvalue weighted by molar-refractivity contribution is -0.0538. The van der Waals surface area contributed by atoms with E-state index in [0.717, 1.165) is 57.8 Å². The maximum atomic E-state index is 12.7. The second-order valence-electron chi connectivity index (χ2n) is 11.0. The first-order valence-electron chi connectivity index (χ1n) is 12.1. The van der Waals surface area contributed by atoms with Gasteiger partial charge in [-0.3, -0.25) is 0 Å². The SMILES string of the molecule is Cc1noc(C)c1-c1cc(C2(O)CCN(C(=O)OC(C)(C)C)C(C)C2)c2nc(C3CC3)[nH]c2c1. The number of aromatic amines is 1. The standard InChI is InChI=1S/C26H34N4O4/c1-14-13-26(32,9-10-30(14)24(31)33-25(4,5)6)19-11-18(21-15(2)29-34-16(21)3)12-20-22(19)28-23(27-20)17-7-8-17/h11-12,14,17,32H,7-10,13H2,1-6H3,(H,27,28). The van der Waals surface area contributed by atoms with Crippen LogP contribution in [-0.2, 0) is 10.3 Å². The van der Waals surface area contributed by atoms with Gasteiger partial charge in [0, 0.05) is 36.1 Å². The van der Waals surface area contributed by atoms with E-state index in [-0.39, 0.29) is 12.1 Å². The van der Waals surface area contributed by atoms with Gasteiger partial charge < -0.3 is 24.3 Å². The zero-order valence-corrected chi connectivity index (χ0v) is 20.9. The van der Waals surface area contributed by atoms with Crippen LogP contribution in [0.5, 0.6) is 0 Å². The summed E-state index contributed by atoms with van der Waals surface area (Å²) < 4.78 is 11.0. The van der Waals surface area contributed by atoms with Crippen LogP contribution in [-0.4, -0.2) is 49.4 Å². The fourth-order valence-corrected chi connectivity index (χ4v) is 5.14. The second kappa shape index (κ2) is 7.83. The Morgan fingerprint density at radius 2 is 2.03 bits per heavy atom. The molecule has 1 aliphatic carbocycles. The Kier molecular flexibility index (Phi) is 5.28. The van der Waals surface area contributed by atoms with Gasteiger partial charge in [0.1, 0.15) is 17.2 Å². The number of nitrogens with one attached hydrogen (secondary N) is 1. The van der Waals surface area contributed by atoms with Crippen LogP contribution in [0.3, 0.4) is 0 Å². The number of aliphatic hydroxyl groups is 1. The molecule has 2 fully saturated rings. The Hall–Kier alpha value is -2.87. The topological polar surface area (TPSA) is 104 Å². The van der Waals surface area contributed by atoms with Crippen molar-refractivity contribution in [3.63, 3.8) is 0 Å². The van der Waals surface area contributed by atoms with Gasteiger partial charge in [-0.05, 0) is 78.5 Å². The van der Waals surface area contributed by atoms with E-state index in [2.05, 4.69) is 16.2 Å². The van der Waals surface area contributed by atoms with Crippen molar-refractivity contribution in [3.8, 4) is 11.1 Å². The van der Waals surface area contributed by atoms with Gasteiger partial charge in [-0.1, -0.05) is 5.16 Å². The average Bonchev–Trinajstić information content (AvgIpc) is 3.40. The van der Waals surface area contributed by atoms with Crippen molar-refractivity contribution in [3.05, 3.63) is 35.0 Å². The van der Waals surface area contributed by atoms with E-state index in [0.29, 0.717) is 25.3 Å². The van der Waals surface area contributed by atoms with Crippen molar-refractivity contribution >= 4 is 17.1 Å². The molecule has 8 nitrogen and oxygen atoms in total. The van der Waals surface area contributed by atoms with Crippen LogP contribution >= 0.6 is 0 Å². The van der Waals surface area contributed by atoms with Gasteiger partial charge >= 0.3 is 6.09 Å². The largest absolute Gasteiger partial charge is 0.444 e. The summed E-state index contributed by atoms with van der Waals surface area (Å²) >= 11 is 0. The third-order valence-electron chi connectivity index (χ3n) is 6.95. The lowest BCUT2D eigenvalue weighted by Crippen LogP contribution is -2.51. The number of likely N-dealkylation sites (tertiary alicyclic amines) is 1. The van der Waals surface area contributed by atoms with E-state index < -0.39 is 11.2 Å². The molecule has 1 amide bonds. The molecule has 5 rings (SSSR count). The number of piperidine rings is 1. The van der Waals surface area contributed by atoms with Crippen LogP contribution < -0.4 is 0 Å². The molecule has 0 radical (unpaired) electrons.